The Morgan fingerprint density at radius 2 is 2.18 bits per heavy atom. The average molecular weight is 314 g/mol. The lowest BCUT2D eigenvalue weighted by molar-refractivity contribution is -0.137. The van der Waals surface area contributed by atoms with Gasteiger partial charge in [-0.3, -0.25) is 4.79 Å². The van der Waals surface area contributed by atoms with Gasteiger partial charge in [-0.1, -0.05) is 25.1 Å². The van der Waals surface area contributed by atoms with Gasteiger partial charge < -0.3 is 10.2 Å². The third-order valence-electron chi connectivity index (χ3n) is 4.09. The first-order valence-electron chi connectivity index (χ1n) is 7.46. The molecule has 2 rings (SSSR count). The second-order valence-corrected chi connectivity index (χ2v) is 5.87. The van der Waals surface area contributed by atoms with Crippen molar-refractivity contribution in [1.29, 1.82) is 0 Å². The van der Waals surface area contributed by atoms with Crippen LogP contribution < -0.4 is 5.32 Å². The van der Waals surface area contributed by atoms with Crippen molar-refractivity contribution in [3.63, 3.8) is 0 Å². The first kappa shape index (κ1) is 16.8. The Hall–Kier alpha value is -1.56. The minimum Gasteiger partial charge on any atom is -0.337 e. The maximum absolute atomic E-state index is 12.8. The lowest BCUT2D eigenvalue weighted by atomic mass is 9.95. The molecule has 0 bridgehead atoms. The summed E-state index contributed by atoms with van der Waals surface area (Å²) in [6.45, 7) is 5.92. The van der Waals surface area contributed by atoms with Crippen LogP contribution in [0.2, 0.25) is 0 Å². The van der Waals surface area contributed by atoms with Crippen LogP contribution in [0.4, 0.5) is 13.2 Å². The molecule has 1 amide bonds. The predicted octanol–water partition coefficient (Wildman–Crippen LogP) is 3.02. The SMILES string of the molecule is CC(CC(=O)N1CCNC[C@@H]1C)c1cccc(C(F)(F)F)c1. The Balaban J connectivity index is 2.05. The van der Waals surface area contributed by atoms with Crippen LogP contribution in [0.15, 0.2) is 24.3 Å². The summed E-state index contributed by atoms with van der Waals surface area (Å²) in [7, 11) is 0. The number of rotatable bonds is 3. The zero-order chi connectivity index (χ0) is 16.3. The van der Waals surface area contributed by atoms with E-state index < -0.39 is 11.7 Å². The Morgan fingerprint density at radius 3 is 2.82 bits per heavy atom. The average Bonchev–Trinajstić information content (AvgIpc) is 2.46. The van der Waals surface area contributed by atoms with Crippen LogP contribution in [0.25, 0.3) is 0 Å². The van der Waals surface area contributed by atoms with Crippen molar-refractivity contribution in [3.05, 3.63) is 35.4 Å². The van der Waals surface area contributed by atoms with Gasteiger partial charge in [0.2, 0.25) is 5.91 Å². The fourth-order valence-electron chi connectivity index (χ4n) is 2.73. The molecule has 6 heteroatoms. The highest BCUT2D eigenvalue weighted by Crippen LogP contribution is 2.31. The van der Waals surface area contributed by atoms with Crippen LogP contribution in [0.3, 0.4) is 0 Å². The largest absolute Gasteiger partial charge is 0.416 e. The van der Waals surface area contributed by atoms with E-state index in [9.17, 15) is 18.0 Å². The number of halogens is 3. The molecule has 0 saturated carbocycles. The molecule has 0 aromatic heterocycles. The second kappa shape index (κ2) is 6.69. The molecule has 1 aromatic rings. The van der Waals surface area contributed by atoms with Crippen LogP contribution >= 0.6 is 0 Å². The zero-order valence-corrected chi connectivity index (χ0v) is 12.8. The molecule has 1 fully saturated rings. The van der Waals surface area contributed by atoms with Gasteiger partial charge in [0.05, 0.1) is 5.56 Å². The van der Waals surface area contributed by atoms with Gasteiger partial charge in [-0.05, 0) is 24.5 Å². The molecule has 2 atom stereocenters. The summed E-state index contributed by atoms with van der Waals surface area (Å²) in [5, 5.41) is 3.21. The summed E-state index contributed by atoms with van der Waals surface area (Å²) < 4.78 is 38.3. The minimum absolute atomic E-state index is 0.00101. The van der Waals surface area contributed by atoms with Gasteiger partial charge in [0.25, 0.3) is 0 Å². The number of benzene rings is 1. The highest BCUT2D eigenvalue weighted by atomic mass is 19.4. The molecule has 1 heterocycles. The highest BCUT2D eigenvalue weighted by molar-refractivity contribution is 5.77. The molecule has 0 aliphatic carbocycles. The van der Waals surface area contributed by atoms with E-state index in [4.69, 9.17) is 0 Å². The molecule has 0 spiro atoms. The molecule has 1 N–H and O–H groups in total. The topological polar surface area (TPSA) is 32.3 Å². The predicted molar refractivity (Wildman–Crippen MR) is 78.5 cm³/mol. The van der Waals surface area contributed by atoms with E-state index in [1.165, 1.54) is 6.07 Å². The number of hydrogen-bond donors (Lipinski definition) is 1. The van der Waals surface area contributed by atoms with Gasteiger partial charge in [-0.15, -0.1) is 0 Å². The van der Waals surface area contributed by atoms with Crippen molar-refractivity contribution in [2.75, 3.05) is 19.6 Å². The molecular weight excluding hydrogens is 293 g/mol. The second-order valence-electron chi connectivity index (χ2n) is 5.87. The summed E-state index contributed by atoms with van der Waals surface area (Å²) >= 11 is 0. The van der Waals surface area contributed by atoms with Gasteiger partial charge in [-0.25, -0.2) is 0 Å². The molecule has 22 heavy (non-hydrogen) atoms. The lowest BCUT2D eigenvalue weighted by Gasteiger charge is -2.34. The number of carbonyl (C=O) groups is 1. The molecule has 1 aromatic carbocycles. The molecule has 0 radical (unpaired) electrons. The highest BCUT2D eigenvalue weighted by Gasteiger charge is 2.31. The van der Waals surface area contributed by atoms with Crippen LogP contribution in [0.5, 0.6) is 0 Å². The molecule has 122 valence electrons. The van der Waals surface area contributed by atoms with Crippen molar-refractivity contribution in [2.45, 2.75) is 38.4 Å². The number of nitrogens with zero attached hydrogens (tertiary/aromatic N) is 1. The van der Waals surface area contributed by atoms with E-state index in [1.807, 2.05) is 6.92 Å². The van der Waals surface area contributed by atoms with E-state index in [1.54, 1.807) is 17.9 Å². The van der Waals surface area contributed by atoms with E-state index in [0.717, 1.165) is 25.2 Å². The normalized spacial score (nSPS) is 20.8. The van der Waals surface area contributed by atoms with Crippen molar-refractivity contribution in [3.8, 4) is 0 Å². The van der Waals surface area contributed by atoms with Gasteiger partial charge >= 0.3 is 6.18 Å². The summed E-state index contributed by atoms with van der Waals surface area (Å²) in [4.78, 5) is 14.2. The van der Waals surface area contributed by atoms with Crippen LogP contribution in [-0.2, 0) is 11.0 Å². The van der Waals surface area contributed by atoms with Crippen molar-refractivity contribution in [2.24, 2.45) is 0 Å². The maximum atomic E-state index is 12.8. The standard InChI is InChI=1S/C16H21F3N2O/c1-11(8-15(22)21-7-6-20-10-12(21)2)13-4-3-5-14(9-13)16(17,18)19/h3-5,9,11-12,20H,6-8,10H2,1-2H3/t11?,12-/m0/s1. The van der Waals surface area contributed by atoms with Gasteiger partial charge in [0, 0.05) is 32.1 Å². The zero-order valence-electron chi connectivity index (χ0n) is 12.8. The first-order chi connectivity index (χ1) is 10.3. The smallest absolute Gasteiger partial charge is 0.337 e. The summed E-state index contributed by atoms with van der Waals surface area (Å²) in [6, 6.07) is 5.35. The van der Waals surface area contributed by atoms with Crippen LogP contribution in [-0.4, -0.2) is 36.5 Å². The first-order valence-corrected chi connectivity index (χ1v) is 7.46. The number of piperazine rings is 1. The van der Waals surface area contributed by atoms with Gasteiger partial charge in [0.1, 0.15) is 0 Å². The summed E-state index contributed by atoms with van der Waals surface area (Å²) in [5.74, 6) is -0.240. The molecular formula is C16H21F3N2O. The third kappa shape index (κ3) is 4.00. The minimum atomic E-state index is -4.35. The van der Waals surface area contributed by atoms with E-state index in [0.29, 0.717) is 12.1 Å². The Morgan fingerprint density at radius 1 is 1.45 bits per heavy atom. The summed E-state index contributed by atoms with van der Waals surface area (Å²) in [6.07, 6.45) is -4.13. The Labute approximate surface area is 128 Å². The number of alkyl halides is 3. The lowest BCUT2D eigenvalue weighted by Crippen LogP contribution is -2.52. The van der Waals surface area contributed by atoms with Crippen LogP contribution in [0, 0.1) is 0 Å². The van der Waals surface area contributed by atoms with Crippen molar-refractivity contribution < 1.29 is 18.0 Å². The molecule has 1 unspecified atom stereocenters. The van der Waals surface area contributed by atoms with Gasteiger partial charge in [0.15, 0.2) is 0 Å². The van der Waals surface area contributed by atoms with Crippen molar-refractivity contribution in [1.82, 2.24) is 10.2 Å². The Kier molecular flexibility index (Phi) is 5.11. The summed E-state index contributed by atoms with van der Waals surface area (Å²) in [5.41, 5.74) is -0.120. The molecule has 3 nitrogen and oxygen atoms in total. The van der Waals surface area contributed by atoms with Gasteiger partial charge in [-0.2, -0.15) is 13.2 Å². The quantitative estimate of drug-likeness (QED) is 0.930. The van der Waals surface area contributed by atoms with Crippen molar-refractivity contribution >= 4 is 5.91 Å². The van der Waals surface area contributed by atoms with E-state index in [2.05, 4.69) is 5.32 Å². The third-order valence-corrected chi connectivity index (χ3v) is 4.09. The number of amides is 1. The number of carbonyl (C=O) groups excluding carboxylic acids is 1. The number of hydrogen-bond acceptors (Lipinski definition) is 2. The fourth-order valence-corrected chi connectivity index (χ4v) is 2.73. The molecule has 1 aliphatic heterocycles. The Bertz CT molecular complexity index is 530. The van der Waals surface area contributed by atoms with E-state index in [-0.39, 0.29) is 24.3 Å². The maximum Gasteiger partial charge on any atom is 0.416 e. The monoisotopic (exact) mass is 314 g/mol. The van der Waals surface area contributed by atoms with Crippen LogP contribution in [0.1, 0.15) is 37.3 Å². The molecule has 1 saturated heterocycles. The number of nitrogens with one attached hydrogen (secondary N) is 1. The van der Waals surface area contributed by atoms with E-state index >= 15 is 0 Å². The fraction of sp³-hybridized carbons (Fsp3) is 0.562. The molecule has 1 aliphatic rings.